The molecule has 0 fully saturated rings. The Morgan fingerprint density at radius 2 is 1.96 bits per heavy atom. The van der Waals surface area contributed by atoms with Crippen molar-refractivity contribution in [2.24, 2.45) is 10.1 Å². The predicted octanol–water partition coefficient (Wildman–Crippen LogP) is 7.62. The molecule has 1 unspecified atom stereocenters. The Morgan fingerprint density at radius 3 is 2.79 bits per heavy atom. The van der Waals surface area contributed by atoms with E-state index in [9.17, 15) is 4.79 Å². The van der Waals surface area contributed by atoms with Crippen LogP contribution in [0.5, 0.6) is 0 Å². The number of nitrogens with zero attached hydrogens (tertiary/aromatic N) is 7. The van der Waals surface area contributed by atoms with Crippen LogP contribution in [0.15, 0.2) is 83.2 Å². The highest BCUT2D eigenvalue weighted by atomic mass is 35.5. The number of aromatic nitrogens is 4. The third-order valence-corrected chi connectivity index (χ3v) is 10.9. The van der Waals surface area contributed by atoms with Crippen LogP contribution in [0.25, 0.3) is 5.00 Å². The van der Waals surface area contributed by atoms with Crippen LogP contribution in [0.1, 0.15) is 95.5 Å². The SMILES string of the molecule is CCCNC(=O)CCCCO/N=C(/c1cccnc1)c1cccc(CN2CCc3c(sc4c3C(c3ccccc3Cl)=NC(C)c3nnc(C)n3-4)C2)c1. The number of thiophene rings is 1. The number of carbonyl (C=O) groups excluding carboxylic acids is 1. The molecule has 5 heterocycles. The van der Waals surface area contributed by atoms with Crippen LogP contribution >= 0.6 is 22.9 Å². The van der Waals surface area contributed by atoms with Gasteiger partial charge in [-0.2, -0.15) is 0 Å². The van der Waals surface area contributed by atoms with Crippen molar-refractivity contribution in [3.63, 3.8) is 0 Å². The van der Waals surface area contributed by atoms with Gasteiger partial charge in [-0.25, -0.2) is 0 Å². The summed E-state index contributed by atoms with van der Waals surface area (Å²) in [7, 11) is 0. The number of oxime groups is 1. The van der Waals surface area contributed by atoms with E-state index in [0.717, 1.165) is 95.6 Å². The van der Waals surface area contributed by atoms with E-state index in [2.05, 4.69) is 72.4 Å². The smallest absolute Gasteiger partial charge is 0.219 e. The summed E-state index contributed by atoms with van der Waals surface area (Å²) in [6.45, 7) is 9.79. The molecule has 0 bridgehead atoms. The first-order chi connectivity index (χ1) is 25.4. The number of aryl methyl sites for hydroxylation is 1. The second-order valence-electron chi connectivity index (χ2n) is 13.2. The summed E-state index contributed by atoms with van der Waals surface area (Å²) < 4.78 is 2.19. The zero-order valence-corrected chi connectivity index (χ0v) is 31.4. The maximum Gasteiger partial charge on any atom is 0.219 e. The Morgan fingerprint density at radius 1 is 1.10 bits per heavy atom. The highest BCUT2D eigenvalue weighted by Gasteiger charge is 2.34. The third-order valence-electron chi connectivity index (χ3n) is 9.39. The van der Waals surface area contributed by atoms with Crippen molar-refractivity contribution in [2.75, 3.05) is 19.7 Å². The maximum atomic E-state index is 11.9. The van der Waals surface area contributed by atoms with Crippen molar-refractivity contribution in [1.29, 1.82) is 0 Å². The number of unbranched alkanes of at least 4 members (excludes halogenated alkanes) is 1. The van der Waals surface area contributed by atoms with Gasteiger partial charge in [-0.3, -0.25) is 24.2 Å². The van der Waals surface area contributed by atoms with Crippen LogP contribution in [-0.4, -0.2) is 61.7 Å². The lowest BCUT2D eigenvalue weighted by Gasteiger charge is -2.27. The summed E-state index contributed by atoms with van der Waals surface area (Å²) >= 11 is 8.61. The number of nitrogens with one attached hydrogen (secondary N) is 1. The van der Waals surface area contributed by atoms with E-state index in [4.69, 9.17) is 21.4 Å². The number of hydrogen-bond donors (Lipinski definition) is 1. The number of aliphatic imine (C=N–C) groups is 1. The largest absolute Gasteiger partial charge is 0.395 e. The zero-order chi connectivity index (χ0) is 36.0. The van der Waals surface area contributed by atoms with E-state index >= 15 is 0 Å². The topological polar surface area (TPSA) is 110 Å². The molecular weight excluding hydrogens is 692 g/mol. The Labute approximate surface area is 313 Å². The summed E-state index contributed by atoms with van der Waals surface area (Å²) in [5.74, 6) is 1.79. The molecule has 0 aliphatic carbocycles. The second kappa shape index (κ2) is 16.3. The van der Waals surface area contributed by atoms with Crippen molar-refractivity contribution < 1.29 is 9.63 Å². The van der Waals surface area contributed by atoms with E-state index in [-0.39, 0.29) is 11.9 Å². The summed E-state index contributed by atoms with van der Waals surface area (Å²) in [6.07, 6.45) is 7.38. The molecule has 3 aromatic heterocycles. The summed E-state index contributed by atoms with van der Waals surface area (Å²) in [5.41, 5.74) is 8.14. The average molecular weight is 735 g/mol. The number of benzene rings is 2. The first-order valence-electron chi connectivity index (χ1n) is 18.0. The Bertz CT molecular complexity index is 2110. The monoisotopic (exact) mass is 734 g/mol. The lowest BCUT2D eigenvalue weighted by atomic mass is 9.95. The van der Waals surface area contributed by atoms with Gasteiger partial charge in [0, 0.05) is 77.1 Å². The fraction of sp³-hybridized carbons (Fsp3) is 0.350. The average Bonchev–Trinajstić information content (AvgIpc) is 3.69. The molecule has 0 spiro atoms. The molecule has 2 aromatic carbocycles. The Kier molecular flexibility index (Phi) is 11.2. The van der Waals surface area contributed by atoms with E-state index in [1.807, 2.05) is 61.7 Å². The number of halogens is 1. The van der Waals surface area contributed by atoms with Crippen molar-refractivity contribution in [3.8, 4) is 5.00 Å². The van der Waals surface area contributed by atoms with Crippen molar-refractivity contribution in [3.05, 3.63) is 128 Å². The van der Waals surface area contributed by atoms with Gasteiger partial charge in [0.15, 0.2) is 5.82 Å². The van der Waals surface area contributed by atoms with Crippen LogP contribution in [0.2, 0.25) is 5.02 Å². The first-order valence-corrected chi connectivity index (χ1v) is 19.2. The molecule has 1 atom stereocenters. The number of rotatable bonds is 13. The quantitative estimate of drug-likeness (QED) is 0.0758. The van der Waals surface area contributed by atoms with Crippen LogP contribution < -0.4 is 5.32 Å². The fourth-order valence-corrected chi connectivity index (χ4v) is 8.49. The van der Waals surface area contributed by atoms with Gasteiger partial charge in [0.05, 0.1) is 5.71 Å². The Hall–Kier alpha value is -4.71. The van der Waals surface area contributed by atoms with Crippen molar-refractivity contribution in [2.45, 2.75) is 72.0 Å². The predicted molar refractivity (Wildman–Crippen MR) is 207 cm³/mol. The molecule has 5 aromatic rings. The van der Waals surface area contributed by atoms with Crippen LogP contribution in [0, 0.1) is 6.92 Å². The van der Waals surface area contributed by atoms with Gasteiger partial charge in [0.1, 0.15) is 29.2 Å². The number of pyridine rings is 1. The molecule has 12 heteroatoms. The van der Waals surface area contributed by atoms with Gasteiger partial charge >= 0.3 is 0 Å². The molecular formula is C40H43ClN8O2S. The number of fused-ring (bicyclic) bond motifs is 5. The minimum atomic E-state index is -0.163. The number of amides is 1. The highest BCUT2D eigenvalue weighted by molar-refractivity contribution is 7.15. The normalized spacial score (nSPS) is 15.7. The van der Waals surface area contributed by atoms with Gasteiger partial charge in [-0.1, -0.05) is 60.1 Å². The zero-order valence-electron chi connectivity index (χ0n) is 29.8. The standard InChI is InChI=1S/C40H43ClN8O2S/c1-4-18-43-35(50)16-7-8-21-51-47-37(30-13-10-19-42-23-30)29-12-9-11-28(22-29)24-48-20-17-32-34(25-48)52-40-36(32)38(31-14-5-6-15-33(31)41)44-26(2)39-46-45-27(3)49(39)40/h5-6,9-15,19,22-23,26H,4,7-8,16-18,20-21,24-25H2,1-3H3,(H,43,50)/b47-37+. The molecule has 0 saturated heterocycles. The fourth-order valence-electron chi connectivity index (χ4n) is 6.82. The molecule has 1 N–H and O–H groups in total. The summed E-state index contributed by atoms with van der Waals surface area (Å²) in [4.78, 5) is 31.2. The summed E-state index contributed by atoms with van der Waals surface area (Å²) in [6, 6.07) is 20.2. The van der Waals surface area contributed by atoms with E-state index in [0.29, 0.717) is 24.6 Å². The third kappa shape index (κ3) is 7.72. The van der Waals surface area contributed by atoms with Crippen molar-refractivity contribution in [1.82, 2.24) is 30.0 Å². The van der Waals surface area contributed by atoms with Gasteiger partial charge in [-0.05, 0) is 74.9 Å². The van der Waals surface area contributed by atoms with Crippen molar-refractivity contribution >= 4 is 40.3 Å². The molecule has 7 rings (SSSR count). The molecule has 2 aliphatic heterocycles. The molecule has 0 saturated carbocycles. The lowest BCUT2D eigenvalue weighted by Crippen LogP contribution is -2.30. The maximum absolute atomic E-state index is 11.9. The molecule has 2 aliphatic rings. The van der Waals surface area contributed by atoms with E-state index in [1.54, 1.807) is 6.20 Å². The second-order valence-corrected chi connectivity index (χ2v) is 14.7. The molecule has 268 valence electrons. The molecule has 0 radical (unpaired) electrons. The molecule has 10 nitrogen and oxygen atoms in total. The van der Waals surface area contributed by atoms with Gasteiger partial charge in [0.2, 0.25) is 5.91 Å². The van der Waals surface area contributed by atoms with E-state index in [1.165, 1.54) is 16.0 Å². The molecule has 52 heavy (non-hydrogen) atoms. The van der Waals surface area contributed by atoms with Crippen LogP contribution in [0.4, 0.5) is 0 Å². The van der Waals surface area contributed by atoms with Gasteiger partial charge in [0.25, 0.3) is 0 Å². The van der Waals surface area contributed by atoms with E-state index < -0.39 is 0 Å². The first kappa shape index (κ1) is 35.7. The minimum absolute atomic E-state index is 0.0855. The van der Waals surface area contributed by atoms with Crippen LogP contribution in [0.3, 0.4) is 0 Å². The minimum Gasteiger partial charge on any atom is -0.395 e. The van der Waals surface area contributed by atoms with Gasteiger partial charge < -0.3 is 10.2 Å². The highest BCUT2D eigenvalue weighted by Crippen LogP contribution is 2.42. The lowest BCUT2D eigenvalue weighted by molar-refractivity contribution is -0.121. The number of carbonyl (C=O) groups is 1. The van der Waals surface area contributed by atoms with Crippen LogP contribution in [-0.2, 0) is 29.1 Å². The summed E-state index contributed by atoms with van der Waals surface area (Å²) in [5, 5.41) is 18.3. The molecule has 1 amide bonds. The van der Waals surface area contributed by atoms with Gasteiger partial charge in [-0.15, -0.1) is 21.5 Å². The Balaban J connectivity index is 1.11. The number of hydrogen-bond acceptors (Lipinski definition) is 9.